The molecule has 1 aliphatic carbocycles. The van der Waals surface area contributed by atoms with Crippen LogP contribution in [0.15, 0.2) is 23.8 Å². The lowest BCUT2D eigenvalue weighted by Crippen LogP contribution is -2.50. The number of carbonyl (C=O) groups excluding carboxylic acids is 1. The van der Waals surface area contributed by atoms with Crippen LogP contribution in [0.1, 0.15) is 47.0 Å². The van der Waals surface area contributed by atoms with Gasteiger partial charge in [-0.15, -0.1) is 0 Å². The molecule has 1 aliphatic rings. The van der Waals surface area contributed by atoms with Crippen LogP contribution in [0.25, 0.3) is 0 Å². The molecule has 0 spiro atoms. The molecule has 1 N–H and O–H groups in total. The maximum absolute atomic E-state index is 10.8. The molecule has 96 valence electrons. The highest BCUT2D eigenvalue weighted by molar-refractivity contribution is 5.72. The van der Waals surface area contributed by atoms with E-state index in [-0.39, 0.29) is 11.3 Å². The van der Waals surface area contributed by atoms with Gasteiger partial charge in [-0.25, -0.2) is 0 Å². The van der Waals surface area contributed by atoms with Crippen LogP contribution >= 0.6 is 0 Å². The Balaban J connectivity index is 2.94. The molecule has 2 heteroatoms. The summed E-state index contributed by atoms with van der Waals surface area (Å²) in [6.07, 6.45) is 9.52. The average molecular weight is 236 g/mol. The van der Waals surface area contributed by atoms with E-state index < -0.39 is 5.60 Å². The van der Waals surface area contributed by atoms with Crippen molar-refractivity contribution in [3.05, 3.63) is 23.8 Å². The van der Waals surface area contributed by atoms with Crippen molar-refractivity contribution in [2.75, 3.05) is 0 Å². The van der Waals surface area contributed by atoms with Gasteiger partial charge in [0.25, 0.3) is 0 Å². The molecule has 1 rings (SSSR count). The average Bonchev–Trinajstić information content (AvgIpc) is 2.26. The Bertz CT molecular complexity index is 339. The SMILES string of the molecule is CC(C=O)=CC=CC1(O)C(C)CCCC1(C)C. The minimum Gasteiger partial charge on any atom is -0.385 e. The molecule has 0 saturated heterocycles. The molecule has 0 radical (unpaired) electrons. The summed E-state index contributed by atoms with van der Waals surface area (Å²) in [6, 6.07) is 0. The molecule has 0 aromatic heterocycles. The van der Waals surface area contributed by atoms with E-state index in [0.29, 0.717) is 5.57 Å². The van der Waals surface area contributed by atoms with Crippen molar-refractivity contribution in [1.29, 1.82) is 0 Å². The highest BCUT2D eigenvalue weighted by Gasteiger charge is 2.47. The summed E-state index contributed by atoms with van der Waals surface area (Å²) in [7, 11) is 0. The molecule has 0 aliphatic heterocycles. The number of rotatable bonds is 3. The van der Waals surface area contributed by atoms with Crippen molar-refractivity contribution in [1.82, 2.24) is 0 Å². The predicted octanol–water partition coefficient (Wildman–Crippen LogP) is 3.27. The highest BCUT2D eigenvalue weighted by Crippen LogP contribution is 2.47. The Kier molecular flexibility index (Phi) is 4.31. The van der Waals surface area contributed by atoms with E-state index in [4.69, 9.17) is 0 Å². The third-order valence-corrected chi connectivity index (χ3v) is 4.17. The maximum Gasteiger partial charge on any atom is 0.145 e. The molecule has 1 saturated carbocycles. The third-order valence-electron chi connectivity index (χ3n) is 4.17. The van der Waals surface area contributed by atoms with Gasteiger partial charge in [-0.2, -0.15) is 0 Å². The fraction of sp³-hybridized carbons (Fsp3) is 0.667. The van der Waals surface area contributed by atoms with E-state index in [9.17, 15) is 9.90 Å². The van der Waals surface area contributed by atoms with Crippen molar-refractivity contribution in [3.63, 3.8) is 0 Å². The van der Waals surface area contributed by atoms with Crippen LogP contribution in [-0.2, 0) is 4.79 Å². The summed E-state index contributed by atoms with van der Waals surface area (Å²) in [5, 5.41) is 10.8. The van der Waals surface area contributed by atoms with Gasteiger partial charge in [0, 0.05) is 0 Å². The number of allylic oxidation sites excluding steroid dienone is 3. The van der Waals surface area contributed by atoms with Crippen LogP contribution in [0.4, 0.5) is 0 Å². The van der Waals surface area contributed by atoms with Gasteiger partial charge in [0.15, 0.2) is 0 Å². The number of carbonyl (C=O) groups is 1. The van der Waals surface area contributed by atoms with Crippen LogP contribution in [0, 0.1) is 11.3 Å². The van der Waals surface area contributed by atoms with Crippen LogP contribution in [0.2, 0.25) is 0 Å². The molecule has 2 unspecified atom stereocenters. The van der Waals surface area contributed by atoms with Gasteiger partial charge in [0.05, 0.1) is 5.60 Å². The van der Waals surface area contributed by atoms with Crippen LogP contribution in [0.5, 0.6) is 0 Å². The maximum atomic E-state index is 10.8. The molecule has 0 aromatic rings. The zero-order chi connectivity index (χ0) is 13.1. The van der Waals surface area contributed by atoms with E-state index in [1.165, 1.54) is 6.42 Å². The number of hydrogen-bond donors (Lipinski definition) is 1. The molecule has 0 aromatic carbocycles. The number of aldehydes is 1. The third kappa shape index (κ3) is 2.86. The van der Waals surface area contributed by atoms with Crippen molar-refractivity contribution in [2.45, 2.75) is 52.6 Å². The van der Waals surface area contributed by atoms with Crippen LogP contribution < -0.4 is 0 Å². The van der Waals surface area contributed by atoms with Crippen LogP contribution in [-0.4, -0.2) is 17.0 Å². The molecule has 1 fully saturated rings. The van der Waals surface area contributed by atoms with Gasteiger partial charge < -0.3 is 5.11 Å². The van der Waals surface area contributed by atoms with Gasteiger partial charge in [-0.05, 0) is 36.7 Å². The minimum atomic E-state index is -0.773. The standard InChI is InChI=1S/C15H24O2/c1-12(11-16)7-5-10-15(17)13(2)8-6-9-14(15,3)4/h5,7,10-11,13,17H,6,8-9H2,1-4H3. The van der Waals surface area contributed by atoms with Crippen molar-refractivity contribution in [2.24, 2.45) is 11.3 Å². The topological polar surface area (TPSA) is 37.3 Å². The fourth-order valence-electron chi connectivity index (χ4n) is 2.71. The highest BCUT2D eigenvalue weighted by atomic mass is 16.3. The number of aliphatic hydroxyl groups is 1. The normalized spacial score (nSPS) is 33.9. The summed E-state index contributed by atoms with van der Waals surface area (Å²) in [6.45, 7) is 8.09. The first-order valence-corrected chi connectivity index (χ1v) is 6.37. The van der Waals surface area contributed by atoms with Crippen LogP contribution in [0.3, 0.4) is 0 Å². The zero-order valence-electron chi connectivity index (χ0n) is 11.4. The fourth-order valence-corrected chi connectivity index (χ4v) is 2.71. The lowest BCUT2D eigenvalue weighted by Gasteiger charge is -2.49. The van der Waals surface area contributed by atoms with E-state index in [1.807, 2.05) is 12.2 Å². The first-order valence-electron chi connectivity index (χ1n) is 6.37. The van der Waals surface area contributed by atoms with Crippen molar-refractivity contribution in [3.8, 4) is 0 Å². The van der Waals surface area contributed by atoms with E-state index >= 15 is 0 Å². The van der Waals surface area contributed by atoms with Gasteiger partial charge in [0.1, 0.15) is 6.29 Å². The smallest absolute Gasteiger partial charge is 0.145 e. The zero-order valence-corrected chi connectivity index (χ0v) is 11.4. The Morgan fingerprint density at radius 2 is 2.06 bits per heavy atom. The quantitative estimate of drug-likeness (QED) is 0.464. The van der Waals surface area contributed by atoms with E-state index in [2.05, 4.69) is 20.8 Å². The molecule has 0 amide bonds. The lowest BCUT2D eigenvalue weighted by atomic mass is 9.60. The summed E-state index contributed by atoms with van der Waals surface area (Å²) >= 11 is 0. The monoisotopic (exact) mass is 236 g/mol. The second-order valence-corrected chi connectivity index (χ2v) is 5.89. The Labute approximate surface area is 104 Å². The Morgan fingerprint density at radius 3 is 2.59 bits per heavy atom. The second-order valence-electron chi connectivity index (χ2n) is 5.89. The second kappa shape index (κ2) is 5.18. The lowest BCUT2D eigenvalue weighted by molar-refractivity contribution is -0.104. The summed E-state index contributed by atoms with van der Waals surface area (Å²) < 4.78 is 0. The van der Waals surface area contributed by atoms with Crippen molar-refractivity contribution < 1.29 is 9.90 Å². The van der Waals surface area contributed by atoms with E-state index in [1.54, 1.807) is 13.0 Å². The summed E-state index contributed by atoms with van der Waals surface area (Å²) in [5.41, 5.74) is -0.208. The largest absolute Gasteiger partial charge is 0.385 e. The Morgan fingerprint density at radius 1 is 1.41 bits per heavy atom. The van der Waals surface area contributed by atoms with Crippen molar-refractivity contribution >= 4 is 6.29 Å². The predicted molar refractivity (Wildman–Crippen MR) is 70.7 cm³/mol. The first kappa shape index (κ1) is 14.2. The minimum absolute atomic E-state index is 0.107. The Hall–Kier alpha value is -0.890. The van der Waals surface area contributed by atoms with E-state index in [0.717, 1.165) is 19.1 Å². The van der Waals surface area contributed by atoms with Gasteiger partial charge in [0.2, 0.25) is 0 Å². The van der Waals surface area contributed by atoms with Gasteiger partial charge in [-0.3, -0.25) is 4.79 Å². The van der Waals surface area contributed by atoms with Gasteiger partial charge >= 0.3 is 0 Å². The number of hydrogen-bond acceptors (Lipinski definition) is 2. The molecule has 2 atom stereocenters. The molecule has 17 heavy (non-hydrogen) atoms. The van der Waals surface area contributed by atoms with Gasteiger partial charge in [-0.1, -0.05) is 45.4 Å². The summed E-state index contributed by atoms with van der Waals surface area (Å²) in [4.78, 5) is 10.5. The molecular formula is C15H24O2. The summed E-state index contributed by atoms with van der Waals surface area (Å²) in [5.74, 6) is 0.257. The molecule has 0 bridgehead atoms. The molecular weight excluding hydrogens is 212 g/mol. The first-order chi connectivity index (χ1) is 7.83. The molecule has 2 nitrogen and oxygen atoms in total. The molecule has 0 heterocycles.